The molecule has 0 atom stereocenters. The van der Waals surface area contributed by atoms with Crippen LogP contribution in [0.5, 0.6) is 0 Å². The number of amides is 1. The van der Waals surface area contributed by atoms with E-state index in [2.05, 4.69) is 32.7 Å². The van der Waals surface area contributed by atoms with Gasteiger partial charge in [0, 0.05) is 11.3 Å². The molecule has 0 spiro atoms. The molecule has 21 heavy (non-hydrogen) atoms. The number of aliphatic hydroxyl groups is 1. The summed E-state index contributed by atoms with van der Waals surface area (Å²) in [7, 11) is 0. The van der Waals surface area contributed by atoms with Crippen molar-refractivity contribution in [1.82, 2.24) is 20.2 Å². The summed E-state index contributed by atoms with van der Waals surface area (Å²) in [6.07, 6.45) is 2.14. The second-order valence-electron chi connectivity index (χ2n) is 4.24. The Morgan fingerprint density at radius 2 is 2.33 bits per heavy atom. The lowest BCUT2D eigenvalue weighted by atomic mass is 10.1. The number of rotatable bonds is 4. The molecule has 0 radical (unpaired) electrons. The molecule has 2 aromatic rings. The summed E-state index contributed by atoms with van der Waals surface area (Å²) in [6, 6.07) is 5.50. The summed E-state index contributed by atoms with van der Waals surface area (Å²) in [4.78, 5) is 11.9. The maximum Gasteiger partial charge on any atom is 0.246 e. The van der Waals surface area contributed by atoms with Crippen molar-refractivity contribution >= 4 is 11.6 Å². The van der Waals surface area contributed by atoms with Crippen LogP contribution in [0, 0.1) is 11.8 Å². The first-order chi connectivity index (χ1) is 10.2. The van der Waals surface area contributed by atoms with Gasteiger partial charge in [-0.2, -0.15) is 0 Å². The summed E-state index contributed by atoms with van der Waals surface area (Å²) in [5.41, 5.74) is 2.52. The van der Waals surface area contributed by atoms with Crippen LogP contribution in [-0.2, 0) is 17.8 Å². The highest BCUT2D eigenvalue weighted by molar-refractivity contribution is 5.91. The molecule has 1 amide bonds. The summed E-state index contributed by atoms with van der Waals surface area (Å²) < 4.78 is 1.35. The number of nitrogens with zero attached hydrogens (tertiary/aromatic N) is 4. The van der Waals surface area contributed by atoms with Gasteiger partial charge in [-0.3, -0.25) is 4.79 Å². The van der Waals surface area contributed by atoms with E-state index in [9.17, 15) is 4.79 Å². The number of benzene rings is 1. The van der Waals surface area contributed by atoms with E-state index >= 15 is 0 Å². The third-order valence-electron chi connectivity index (χ3n) is 2.77. The minimum Gasteiger partial charge on any atom is -0.384 e. The van der Waals surface area contributed by atoms with Gasteiger partial charge in [0.1, 0.15) is 19.5 Å². The summed E-state index contributed by atoms with van der Waals surface area (Å²) in [5.74, 6) is 5.24. The van der Waals surface area contributed by atoms with Gasteiger partial charge in [0.25, 0.3) is 0 Å². The van der Waals surface area contributed by atoms with Crippen molar-refractivity contribution in [2.45, 2.75) is 19.9 Å². The second-order valence-corrected chi connectivity index (χ2v) is 4.24. The molecule has 0 saturated carbocycles. The maximum absolute atomic E-state index is 11.9. The molecular weight excluding hydrogens is 270 g/mol. The molecule has 0 aliphatic carbocycles. The fraction of sp³-hybridized carbons (Fsp3) is 0.286. The third-order valence-corrected chi connectivity index (χ3v) is 2.77. The average Bonchev–Trinajstić information content (AvgIpc) is 2.98. The van der Waals surface area contributed by atoms with Crippen molar-refractivity contribution in [2.75, 3.05) is 11.9 Å². The number of carbonyl (C=O) groups is 1. The Labute approximate surface area is 122 Å². The van der Waals surface area contributed by atoms with Crippen LogP contribution in [0.3, 0.4) is 0 Å². The number of hydrogen-bond acceptors (Lipinski definition) is 5. The largest absolute Gasteiger partial charge is 0.384 e. The smallest absolute Gasteiger partial charge is 0.246 e. The standard InChI is InChI=1S/C14H15N5O2/c1-2-12-8-11(4-3-7-20)5-6-13(12)16-14(21)9-19-10-15-17-18-19/h5-6,8,10,20H,2,7,9H2,1H3,(H,16,21). The molecule has 1 aromatic carbocycles. The zero-order valence-electron chi connectivity index (χ0n) is 11.6. The molecule has 0 fully saturated rings. The topological polar surface area (TPSA) is 92.9 Å². The number of aromatic nitrogens is 4. The zero-order valence-corrected chi connectivity index (χ0v) is 11.6. The number of anilines is 1. The highest BCUT2D eigenvalue weighted by Crippen LogP contribution is 2.18. The van der Waals surface area contributed by atoms with Gasteiger partial charge in [-0.1, -0.05) is 18.8 Å². The molecule has 1 aromatic heterocycles. The van der Waals surface area contributed by atoms with E-state index in [0.29, 0.717) is 0 Å². The maximum atomic E-state index is 11.9. The van der Waals surface area contributed by atoms with E-state index in [0.717, 1.165) is 23.2 Å². The van der Waals surface area contributed by atoms with Crippen molar-refractivity contribution in [3.05, 3.63) is 35.7 Å². The lowest BCUT2D eigenvalue weighted by Gasteiger charge is -2.10. The Kier molecular flexibility index (Phi) is 5.01. The Bertz CT molecular complexity index is 670. The number of carbonyl (C=O) groups excluding carboxylic acids is 1. The zero-order chi connectivity index (χ0) is 15.1. The fourth-order valence-electron chi connectivity index (χ4n) is 1.82. The van der Waals surface area contributed by atoms with Crippen molar-refractivity contribution in [2.24, 2.45) is 0 Å². The van der Waals surface area contributed by atoms with E-state index in [1.165, 1.54) is 11.0 Å². The van der Waals surface area contributed by atoms with Gasteiger partial charge in [0.15, 0.2) is 0 Å². The van der Waals surface area contributed by atoms with Gasteiger partial charge in [0.2, 0.25) is 5.91 Å². The van der Waals surface area contributed by atoms with Crippen LogP contribution in [0.25, 0.3) is 0 Å². The number of aliphatic hydroxyl groups excluding tert-OH is 1. The van der Waals surface area contributed by atoms with Crippen molar-refractivity contribution in [3.8, 4) is 11.8 Å². The summed E-state index contributed by atoms with van der Waals surface area (Å²) in [5, 5.41) is 22.1. The number of aryl methyl sites for hydroxylation is 1. The summed E-state index contributed by atoms with van der Waals surface area (Å²) >= 11 is 0. The van der Waals surface area contributed by atoms with Gasteiger partial charge in [0.05, 0.1) is 0 Å². The van der Waals surface area contributed by atoms with E-state index in [4.69, 9.17) is 5.11 Å². The fourth-order valence-corrected chi connectivity index (χ4v) is 1.82. The van der Waals surface area contributed by atoms with Crippen molar-refractivity contribution in [1.29, 1.82) is 0 Å². The molecule has 7 nitrogen and oxygen atoms in total. The minimum absolute atomic E-state index is 0.0578. The van der Waals surface area contributed by atoms with Crippen LogP contribution in [0.15, 0.2) is 24.5 Å². The lowest BCUT2D eigenvalue weighted by Crippen LogP contribution is -2.20. The van der Waals surface area contributed by atoms with E-state index in [1.54, 1.807) is 12.1 Å². The Morgan fingerprint density at radius 3 is 3.00 bits per heavy atom. The predicted molar refractivity (Wildman–Crippen MR) is 76.2 cm³/mol. The average molecular weight is 285 g/mol. The molecule has 0 bridgehead atoms. The molecule has 0 aliphatic rings. The third kappa shape index (κ3) is 4.12. The monoisotopic (exact) mass is 285 g/mol. The van der Waals surface area contributed by atoms with Crippen LogP contribution < -0.4 is 5.32 Å². The molecule has 2 rings (SSSR count). The van der Waals surface area contributed by atoms with Gasteiger partial charge in [-0.15, -0.1) is 5.10 Å². The SMILES string of the molecule is CCc1cc(C#CCO)ccc1NC(=O)Cn1cnnn1. The Hall–Kier alpha value is -2.72. The highest BCUT2D eigenvalue weighted by atomic mass is 16.2. The second kappa shape index (κ2) is 7.17. The quantitative estimate of drug-likeness (QED) is 0.784. The number of hydrogen-bond donors (Lipinski definition) is 2. The Balaban J connectivity index is 2.10. The first-order valence-electron chi connectivity index (χ1n) is 6.46. The molecule has 2 N–H and O–H groups in total. The molecule has 108 valence electrons. The van der Waals surface area contributed by atoms with E-state index in [-0.39, 0.29) is 19.1 Å². The van der Waals surface area contributed by atoms with Gasteiger partial charge < -0.3 is 10.4 Å². The molecular formula is C14H15N5O2. The Morgan fingerprint density at radius 1 is 1.48 bits per heavy atom. The molecule has 1 heterocycles. The van der Waals surface area contributed by atoms with Crippen LogP contribution in [0.2, 0.25) is 0 Å². The summed E-state index contributed by atoms with van der Waals surface area (Å²) in [6.45, 7) is 1.88. The van der Waals surface area contributed by atoms with Gasteiger partial charge >= 0.3 is 0 Å². The van der Waals surface area contributed by atoms with Crippen LogP contribution in [0.1, 0.15) is 18.1 Å². The van der Waals surface area contributed by atoms with Crippen molar-refractivity contribution in [3.63, 3.8) is 0 Å². The number of nitrogens with one attached hydrogen (secondary N) is 1. The van der Waals surface area contributed by atoms with E-state index < -0.39 is 0 Å². The van der Waals surface area contributed by atoms with Crippen molar-refractivity contribution < 1.29 is 9.90 Å². The predicted octanol–water partition coefficient (Wildman–Crippen LogP) is 0.218. The lowest BCUT2D eigenvalue weighted by molar-refractivity contribution is -0.116. The first-order valence-corrected chi connectivity index (χ1v) is 6.46. The van der Waals surface area contributed by atoms with Gasteiger partial charge in [-0.25, -0.2) is 4.68 Å². The first kappa shape index (κ1) is 14.7. The molecule has 0 saturated heterocycles. The molecule has 0 aliphatic heterocycles. The van der Waals surface area contributed by atoms with Crippen LogP contribution in [-0.4, -0.2) is 37.8 Å². The van der Waals surface area contributed by atoms with Gasteiger partial charge in [-0.05, 0) is 40.6 Å². The molecule has 7 heteroatoms. The minimum atomic E-state index is -0.203. The van der Waals surface area contributed by atoms with Crippen LogP contribution in [0.4, 0.5) is 5.69 Å². The van der Waals surface area contributed by atoms with E-state index in [1.807, 2.05) is 13.0 Å². The van der Waals surface area contributed by atoms with Crippen LogP contribution >= 0.6 is 0 Å². The number of tetrazole rings is 1. The normalized spacial score (nSPS) is 9.81. The molecule has 0 unspecified atom stereocenters. The highest BCUT2D eigenvalue weighted by Gasteiger charge is 2.08.